The van der Waals surface area contributed by atoms with Crippen LogP contribution < -0.4 is 5.32 Å². The number of nitrogens with zero attached hydrogens (tertiary/aromatic N) is 2. The zero-order valence-electron chi connectivity index (χ0n) is 7.97. The zero-order chi connectivity index (χ0) is 11.3. The lowest BCUT2D eigenvalue weighted by Crippen LogP contribution is -2.24. The fourth-order valence-electron chi connectivity index (χ4n) is 0.893. The summed E-state index contributed by atoms with van der Waals surface area (Å²) < 4.78 is 0. The molecule has 0 aliphatic heterocycles. The first-order valence-electron chi connectivity index (χ1n) is 4.07. The Labute approximate surface area is 85.7 Å². The zero-order valence-corrected chi connectivity index (χ0v) is 7.97. The molecule has 0 radical (unpaired) electrons. The lowest BCUT2D eigenvalue weighted by atomic mass is 10.2. The van der Waals surface area contributed by atoms with Crippen LogP contribution in [0.25, 0.3) is 6.08 Å². The van der Waals surface area contributed by atoms with E-state index in [4.69, 9.17) is 5.11 Å². The van der Waals surface area contributed by atoms with E-state index in [-0.39, 0.29) is 5.70 Å². The maximum atomic E-state index is 10.7. The predicted molar refractivity (Wildman–Crippen MR) is 51.5 cm³/mol. The van der Waals surface area contributed by atoms with Crippen molar-refractivity contribution >= 4 is 18.0 Å². The Kier molecular flexibility index (Phi) is 3.50. The van der Waals surface area contributed by atoms with Gasteiger partial charge in [-0.2, -0.15) is 0 Å². The minimum atomic E-state index is -1.21. The topological polar surface area (TPSA) is 92.2 Å². The molecule has 78 valence electrons. The van der Waals surface area contributed by atoms with E-state index in [1.54, 1.807) is 0 Å². The van der Waals surface area contributed by atoms with Crippen LogP contribution in [0.4, 0.5) is 0 Å². The Balaban J connectivity index is 2.94. The van der Waals surface area contributed by atoms with Crippen molar-refractivity contribution in [2.75, 3.05) is 0 Å². The summed E-state index contributed by atoms with van der Waals surface area (Å²) in [5.41, 5.74) is 0.293. The van der Waals surface area contributed by atoms with Gasteiger partial charge in [0.15, 0.2) is 0 Å². The molecule has 1 amide bonds. The first kappa shape index (κ1) is 10.8. The van der Waals surface area contributed by atoms with Gasteiger partial charge in [0.05, 0.1) is 0 Å². The Morgan fingerprint density at radius 3 is 2.47 bits per heavy atom. The van der Waals surface area contributed by atoms with E-state index in [1.165, 1.54) is 31.7 Å². The van der Waals surface area contributed by atoms with Crippen LogP contribution in [0.5, 0.6) is 0 Å². The lowest BCUT2D eigenvalue weighted by Gasteiger charge is -2.01. The van der Waals surface area contributed by atoms with Crippen LogP contribution in [0.1, 0.15) is 12.5 Å². The summed E-state index contributed by atoms with van der Waals surface area (Å²) in [7, 11) is 0. The number of carboxylic acid groups (broad SMARTS) is 1. The number of nitrogens with one attached hydrogen (secondary N) is 1. The van der Waals surface area contributed by atoms with Crippen molar-refractivity contribution < 1.29 is 14.7 Å². The lowest BCUT2D eigenvalue weighted by molar-refractivity contribution is -0.134. The van der Waals surface area contributed by atoms with E-state index in [9.17, 15) is 9.59 Å². The van der Waals surface area contributed by atoms with E-state index in [0.717, 1.165) is 0 Å². The summed E-state index contributed by atoms with van der Waals surface area (Å²) in [6.45, 7) is 1.23. The molecule has 0 spiro atoms. The molecule has 0 aromatic carbocycles. The van der Waals surface area contributed by atoms with Crippen molar-refractivity contribution in [3.8, 4) is 0 Å². The van der Waals surface area contributed by atoms with Gasteiger partial charge in [-0.15, -0.1) is 0 Å². The fraction of sp³-hybridized carbons (Fsp3) is 0.111. The Bertz CT molecular complexity index is 400. The highest BCUT2D eigenvalue weighted by Gasteiger charge is 2.08. The second kappa shape index (κ2) is 4.85. The van der Waals surface area contributed by atoms with Gasteiger partial charge < -0.3 is 10.4 Å². The second-order valence-corrected chi connectivity index (χ2v) is 2.72. The van der Waals surface area contributed by atoms with E-state index in [1.807, 2.05) is 0 Å². The van der Waals surface area contributed by atoms with Crippen LogP contribution in [-0.2, 0) is 9.59 Å². The summed E-state index contributed by atoms with van der Waals surface area (Å²) in [5.74, 6) is -1.66. The monoisotopic (exact) mass is 207 g/mol. The summed E-state index contributed by atoms with van der Waals surface area (Å²) in [5, 5.41) is 11.0. The van der Waals surface area contributed by atoms with Crippen molar-refractivity contribution in [3.63, 3.8) is 0 Å². The standard InChI is InChI=1S/C9H9N3O3/c1-6(13)12-8(9(14)15)2-7-3-10-5-11-4-7/h2-5H,1H3,(H,12,13)(H,14,15). The smallest absolute Gasteiger partial charge is 0.352 e. The molecular weight excluding hydrogens is 198 g/mol. The Morgan fingerprint density at radius 1 is 1.40 bits per heavy atom. The molecule has 0 aliphatic carbocycles. The third-order valence-electron chi connectivity index (χ3n) is 1.43. The number of rotatable bonds is 3. The van der Waals surface area contributed by atoms with E-state index < -0.39 is 11.9 Å². The summed E-state index contributed by atoms with van der Waals surface area (Å²) in [6.07, 6.45) is 5.50. The average molecular weight is 207 g/mol. The van der Waals surface area contributed by atoms with Crippen LogP contribution >= 0.6 is 0 Å². The van der Waals surface area contributed by atoms with Crippen molar-refractivity contribution in [1.29, 1.82) is 0 Å². The Morgan fingerprint density at radius 2 is 2.00 bits per heavy atom. The highest BCUT2D eigenvalue weighted by Crippen LogP contribution is 2.01. The van der Waals surface area contributed by atoms with Crippen molar-refractivity contribution in [1.82, 2.24) is 15.3 Å². The largest absolute Gasteiger partial charge is 0.477 e. The van der Waals surface area contributed by atoms with Gasteiger partial charge in [-0.05, 0) is 6.08 Å². The highest BCUT2D eigenvalue weighted by molar-refractivity contribution is 5.96. The molecule has 0 saturated carbocycles. The van der Waals surface area contributed by atoms with Crippen LogP contribution in [0, 0.1) is 0 Å². The highest BCUT2D eigenvalue weighted by atomic mass is 16.4. The number of hydrogen-bond acceptors (Lipinski definition) is 4. The molecule has 6 heteroatoms. The third kappa shape index (κ3) is 3.55. The first-order valence-corrected chi connectivity index (χ1v) is 4.07. The van der Waals surface area contributed by atoms with Crippen molar-refractivity contribution in [2.24, 2.45) is 0 Å². The first-order chi connectivity index (χ1) is 7.09. The second-order valence-electron chi connectivity index (χ2n) is 2.72. The maximum absolute atomic E-state index is 10.7. The Hall–Kier alpha value is -2.24. The molecule has 15 heavy (non-hydrogen) atoms. The van der Waals surface area contributed by atoms with Crippen LogP contribution in [-0.4, -0.2) is 27.0 Å². The van der Waals surface area contributed by atoms with E-state index >= 15 is 0 Å². The SMILES string of the molecule is CC(=O)NC(=Cc1cncnc1)C(=O)O. The van der Waals surface area contributed by atoms with Gasteiger partial charge in [-0.3, -0.25) is 4.79 Å². The quantitative estimate of drug-likeness (QED) is 0.682. The minimum absolute atomic E-state index is 0.211. The van der Waals surface area contributed by atoms with E-state index in [0.29, 0.717) is 5.56 Å². The van der Waals surface area contributed by atoms with Gasteiger partial charge in [0.1, 0.15) is 12.0 Å². The minimum Gasteiger partial charge on any atom is -0.477 e. The molecule has 1 heterocycles. The van der Waals surface area contributed by atoms with Crippen LogP contribution in [0.15, 0.2) is 24.4 Å². The molecule has 0 aliphatic rings. The maximum Gasteiger partial charge on any atom is 0.352 e. The molecule has 0 fully saturated rings. The average Bonchev–Trinajstić information content (AvgIpc) is 2.17. The summed E-state index contributed by atoms with van der Waals surface area (Å²) in [6, 6.07) is 0. The number of aliphatic carboxylic acids is 1. The number of carbonyl (C=O) groups is 2. The molecule has 0 atom stereocenters. The van der Waals surface area contributed by atoms with Crippen LogP contribution in [0.2, 0.25) is 0 Å². The van der Waals surface area contributed by atoms with E-state index in [2.05, 4.69) is 15.3 Å². The van der Waals surface area contributed by atoms with Gasteiger partial charge in [-0.25, -0.2) is 14.8 Å². The van der Waals surface area contributed by atoms with Crippen molar-refractivity contribution in [3.05, 3.63) is 30.0 Å². The molecule has 1 rings (SSSR count). The molecule has 0 unspecified atom stereocenters. The number of hydrogen-bond donors (Lipinski definition) is 2. The van der Waals surface area contributed by atoms with Gasteiger partial charge in [-0.1, -0.05) is 0 Å². The molecule has 0 bridgehead atoms. The molecule has 0 saturated heterocycles. The predicted octanol–water partition coefficient (Wildman–Crippen LogP) is 0.0382. The fourth-order valence-corrected chi connectivity index (χ4v) is 0.893. The molecule has 1 aromatic rings. The number of amides is 1. The van der Waals surface area contributed by atoms with Crippen molar-refractivity contribution in [2.45, 2.75) is 6.92 Å². The van der Waals surface area contributed by atoms with Gasteiger partial charge in [0.2, 0.25) is 5.91 Å². The van der Waals surface area contributed by atoms with Gasteiger partial charge in [0.25, 0.3) is 0 Å². The molecular formula is C9H9N3O3. The number of carbonyl (C=O) groups excluding carboxylic acids is 1. The summed E-state index contributed by atoms with van der Waals surface area (Å²) >= 11 is 0. The molecule has 6 nitrogen and oxygen atoms in total. The molecule has 2 N–H and O–H groups in total. The molecule has 1 aromatic heterocycles. The summed E-state index contributed by atoms with van der Waals surface area (Å²) in [4.78, 5) is 28.8. The van der Waals surface area contributed by atoms with Crippen LogP contribution in [0.3, 0.4) is 0 Å². The normalized spacial score (nSPS) is 10.9. The van der Waals surface area contributed by atoms with Gasteiger partial charge >= 0.3 is 5.97 Å². The van der Waals surface area contributed by atoms with Gasteiger partial charge in [0, 0.05) is 24.9 Å². The third-order valence-corrected chi connectivity index (χ3v) is 1.43. The number of carboxylic acids is 1. The number of aromatic nitrogens is 2.